The zero-order valence-corrected chi connectivity index (χ0v) is 22.3. The Morgan fingerprint density at radius 2 is 1.78 bits per heavy atom. The van der Waals surface area contributed by atoms with Crippen LogP contribution in [0.2, 0.25) is 0 Å². The van der Waals surface area contributed by atoms with Gasteiger partial charge in [-0.2, -0.15) is 0 Å². The Kier molecular flexibility index (Phi) is 9.71. The highest BCUT2D eigenvalue weighted by Gasteiger charge is 2.38. The Hall–Kier alpha value is -3.12. The van der Waals surface area contributed by atoms with Crippen molar-refractivity contribution in [2.45, 2.75) is 33.2 Å². The highest BCUT2D eigenvalue weighted by molar-refractivity contribution is 9.10. The lowest BCUT2D eigenvalue weighted by molar-refractivity contribution is -0.161. The summed E-state index contributed by atoms with van der Waals surface area (Å²) in [5.41, 5.74) is 0.778. The second-order valence-corrected chi connectivity index (χ2v) is 9.13. The molecule has 0 unspecified atom stereocenters. The van der Waals surface area contributed by atoms with E-state index < -0.39 is 35.7 Å². The first kappa shape index (κ1) is 27.5. The van der Waals surface area contributed by atoms with E-state index in [1.54, 1.807) is 32.3 Å². The van der Waals surface area contributed by atoms with Crippen molar-refractivity contribution >= 4 is 51.0 Å². The largest absolute Gasteiger partial charge is 0.465 e. The summed E-state index contributed by atoms with van der Waals surface area (Å²) in [6.07, 6.45) is 1.35. The van der Waals surface area contributed by atoms with Crippen molar-refractivity contribution in [3.8, 4) is 0 Å². The van der Waals surface area contributed by atoms with Gasteiger partial charge in [0.1, 0.15) is 11.9 Å². The van der Waals surface area contributed by atoms with Gasteiger partial charge in [-0.25, -0.2) is 14.2 Å². The molecule has 0 saturated carbocycles. The van der Waals surface area contributed by atoms with Crippen LogP contribution in [0.15, 0.2) is 50.5 Å². The first-order chi connectivity index (χ1) is 17.3. The molecule has 1 aromatic heterocycles. The zero-order chi connectivity index (χ0) is 26.2. The predicted molar refractivity (Wildman–Crippen MR) is 134 cm³/mol. The lowest BCUT2D eigenvalue weighted by Gasteiger charge is -2.28. The third-order valence-corrected chi connectivity index (χ3v) is 6.53. The Labute approximate surface area is 219 Å². The highest BCUT2D eigenvalue weighted by atomic mass is 79.9. The molecule has 0 bridgehead atoms. The number of ether oxygens (including phenoxy) is 3. The van der Waals surface area contributed by atoms with Crippen LogP contribution in [0.5, 0.6) is 0 Å². The van der Waals surface area contributed by atoms with E-state index in [0.29, 0.717) is 20.9 Å². The fourth-order valence-electron chi connectivity index (χ4n) is 3.56. The Morgan fingerprint density at radius 3 is 2.33 bits per heavy atom. The first-order valence-corrected chi connectivity index (χ1v) is 12.9. The minimum Gasteiger partial charge on any atom is -0.465 e. The van der Waals surface area contributed by atoms with Gasteiger partial charge in [0.05, 0.1) is 25.4 Å². The second-order valence-electron chi connectivity index (χ2n) is 7.38. The number of benzene rings is 1. The molecule has 9 nitrogen and oxygen atoms in total. The molecular formula is C24H25BrFN3O6S. The number of rotatable bonds is 10. The van der Waals surface area contributed by atoms with Gasteiger partial charge in [0.2, 0.25) is 0 Å². The van der Waals surface area contributed by atoms with E-state index in [-0.39, 0.29) is 37.5 Å². The van der Waals surface area contributed by atoms with Crippen molar-refractivity contribution in [1.29, 1.82) is 0 Å². The van der Waals surface area contributed by atoms with Gasteiger partial charge in [-0.1, -0.05) is 22.0 Å². The number of thiazole rings is 1. The maximum atomic E-state index is 13.9. The van der Waals surface area contributed by atoms with E-state index in [1.165, 1.54) is 29.5 Å². The maximum absolute atomic E-state index is 13.9. The van der Waals surface area contributed by atoms with Crippen LogP contribution in [0.4, 0.5) is 4.39 Å². The molecule has 2 heterocycles. The Morgan fingerprint density at radius 1 is 1.11 bits per heavy atom. The van der Waals surface area contributed by atoms with Crippen molar-refractivity contribution in [2.24, 2.45) is 10.9 Å². The number of esters is 3. The number of carbonyl (C=O) groups is 3. The fraction of sp³-hybridized carbons (Fsp3) is 0.375. The van der Waals surface area contributed by atoms with Gasteiger partial charge in [0, 0.05) is 28.2 Å². The molecule has 2 aromatic rings. The Bertz CT molecular complexity index is 1170. The van der Waals surface area contributed by atoms with Gasteiger partial charge in [0.15, 0.2) is 16.8 Å². The number of hydrogen-bond donors (Lipinski definition) is 1. The molecule has 3 rings (SSSR count). The third kappa shape index (κ3) is 6.35. The molecule has 0 amide bonds. The van der Waals surface area contributed by atoms with Crippen LogP contribution in [0.3, 0.4) is 0 Å². The molecule has 1 aliphatic rings. The summed E-state index contributed by atoms with van der Waals surface area (Å²) < 4.78 is 29.8. The van der Waals surface area contributed by atoms with Crippen molar-refractivity contribution in [3.05, 3.63) is 61.9 Å². The number of nitrogens with one attached hydrogen (secondary N) is 1. The maximum Gasteiger partial charge on any atom is 0.338 e. The zero-order valence-electron chi connectivity index (χ0n) is 19.9. The molecule has 1 aliphatic heterocycles. The molecule has 0 radical (unpaired) electrons. The van der Waals surface area contributed by atoms with Crippen LogP contribution in [-0.4, -0.2) is 48.5 Å². The van der Waals surface area contributed by atoms with E-state index in [2.05, 4.69) is 26.2 Å². The number of aromatic nitrogens is 1. The van der Waals surface area contributed by atoms with Crippen molar-refractivity contribution < 1.29 is 33.0 Å². The number of nitrogens with zero attached hydrogens (tertiary/aromatic N) is 2. The molecule has 1 atom stereocenters. The third-order valence-electron chi connectivity index (χ3n) is 5.06. The second kappa shape index (κ2) is 12.7. The molecule has 36 heavy (non-hydrogen) atoms. The lowest BCUT2D eigenvalue weighted by atomic mass is 9.91. The van der Waals surface area contributed by atoms with Crippen LogP contribution >= 0.6 is 27.3 Å². The summed E-state index contributed by atoms with van der Waals surface area (Å²) in [5.74, 6) is -3.77. The summed E-state index contributed by atoms with van der Waals surface area (Å²) in [6.45, 7) is 5.09. The summed E-state index contributed by atoms with van der Waals surface area (Å²) in [5, 5.41) is 5.34. The quantitative estimate of drug-likeness (QED) is 0.253. The molecule has 0 aliphatic carbocycles. The van der Waals surface area contributed by atoms with Crippen LogP contribution in [0, 0.1) is 11.7 Å². The average Bonchev–Trinajstić information content (AvgIpc) is 3.37. The van der Waals surface area contributed by atoms with Crippen LogP contribution < -0.4 is 5.32 Å². The molecule has 192 valence electrons. The van der Waals surface area contributed by atoms with Crippen LogP contribution in [-0.2, 0) is 28.6 Å². The minimum atomic E-state index is -1.34. The summed E-state index contributed by atoms with van der Waals surface area (Å²) in [7, 11) is 0. The standard InChI is InChI=1S/C24H25BrFN3O6S/c1-4-33-22(30)15(23(31)34-5-2)12-17-18(24(32)35-6-3)19(14-8-7-13(26)11-16(14)25)29-20(28-17)21-27-9-10-36-21/h7-11,15,19H,4-6,12H2,1-3H3,(H,28,29)/t19-/m0/s1. The highest BCUT2D eigenvalue weighted by Crippen LogP contribution is 2.38. The summed E-state index contributed by atoms with van der Waals surface area (Å²) in [6, 6.07) is 3.07. The van der Waals surface area contributed by atoms with Gasteiger partial charge in [-0.05, 0) is 38.5 Å². The van der Waals surface area contributed by atoms with Crippen molar-refractivity contribution in [3.63, 3.8) is 0 Å². The number of hydrogen-bond acceptors (Lipinski definition) is 10. The topological polar surface area (TPSA) is 116 Å². The molecule has 0 spiro atoms. The van der Waals surface area contributed by atoms with Gasteiger partial charge in [-0.15, -0.1) is 11.3 Å². The Balaban J connectivity index is 2.19. The van der Waals surface area contributed by atoms with Gasteiger partial charge in [0.25, 0.3) is 0 Å². The summed E-state index contributed by atoms with van der Waals surface area (Å²) in [4.78, 5) is 47.6. The van der Waals surface area contributed by atoms with Crippen molar-refractivity contribution in [1.82, 2.24) is 10.3 Å². The number of amidine groups is 1. The molecule has 1 N–H and O–H groups in total. The molecule has 1 aromatic carbocycles. The molecular weight excluding hydrogens is 557 g/mol. The lowest BCUT2D eigenvalue weighted by Crippen LogP contribution is -2.37. The number of halogens is 2. The SMILES string of the molecule is CCOC(=O)C1=C(CC(C(=O)OCC)C(=O)OCC)NC(c2nccs2)=N[C@H]1c1ccc(F)cc1Br. The van der Waals surface area contributed by atoms with E-state index >= 15 is 0 Å². The monoisotopic (exact) mass is 581 g/mol. The fourth-order valence-corrected chi connectivity index (χ4v) is 4.71. The number of aliphatic imine (C=N–C) groups is 1. The van der Waals surface area contributed by atoms with Crippen LogP contribution in [0.25, 0.3) is 0 Å². The van der Waals surface area contributed by atoms with E-state index in [0.717, 1.165) is 0 Å². The normalized spacial score (nSPS) is 15.3. The molecule has 0 fully saturated rings. The van der Waals surface area contributed by atoms with Gasteiger partial charge in [-0.3, -0.25) is 14.6 Å². The predicted octanol–water partition coefficient (Wildman–Crippen LogP) is 4.09. The summed E-state index contributed by atoms with van der Waals surface area (Å²) >= 11 is 4.66. The van der Waals surface area contributed by atoms with E-state index in [4.69, 9.17) is 19.2 Å². The smallest absolute Gasteiger partial charge is 0.338 e. The van der Waals surface area contributed by atoms with Crippen LogP contribution in [0.1, 0.15) is 43.8 Å². The molecule has 0 saturated heterocycles. The van der Waals surface area contributed by atoms with Gasteiger partial charge < -0.3 is 19.5 Å². The average molecular weight is 582 g/mol. The first-order valence-electron chi connectivity index (χ1n) is 11.2. The minimum absolute atomic E-state index is 0.0585. The van der Waals surface area contributed by atoms with E-state index in [1.807, 2.05) is 0 Å². The van der Waals surface area contributed by atoms with E-state index in [9.17, 15) is 18.8 Å². The van der Waals surface area contributed by atoms with Gasteiger partial charge >= 0.3 is 17.9 Å². The number of allylic oxidation sites excluding steroid dienone is 1. The molecule has 12 heteroatoms. The number of carbonyl (C=O) groups excluding carboxylic acids is 3. The van der Waals surface area contributed by atoms with Crippen molar-refractivity contribution in [2.75, 3.05) is 19.8 Å².